The smallest absolute Gasteiger partial charge is 0.156 e. The van der Waals surface area contributed by atoms with Crippen LogP contribution in [-0.4, -0.2) is 23.5 Å². The van der Waals surface area contributed by atoms with E-state index in [0.717, 1.165) is 18.4 Å². The average molecular weight is 226 g/mol. The van der Waals surface area contributed by atoms with Gasteiger partial charge in [0.05, 0.1) is 0 Å². The van der Waals surface area contributed by atoms with Crippen molar-refractivity contribution in [1.82, 2.24) is 5.32 Å². The maximum atomic E-state index is 4.62. The van der Waals surface area contributed by atoms with Gasteiger partial charge in [0.15, 0.2) is 5.17 Å². The molecule has 0 spiro atoms. The Morgan fingerprint density at radius 1 is 1.47 bits per heavy atom. The van der Waals surface area contributed by atoms with Crippen molar-refractivity contribution in [1.29, 1.82) is 0 Å². The molecule has 2 fully saturated rings. The summed E-state index contributed by atoms with van der Waals surface area (Å²) in [6.07, 6.45) is 5.62. The van der Waals surface area contributed by atoms with Gasteiger partial charge in [0, 0.05) is 18.3 Å². The molecular formula is C12H22N2S. The van der Waals surface area contributed by atoms with Crippen LogP contribution in [-0.2, 0) is 0 Å². The van der Waals surface area contributed by atoms with E-state index >= 15 is 0 Å². The second-order valence-electron chi connectivity index (χ2n) is 5.08. The minimum absolute atomic E-state index is 0.636. The number of hydrogen-bond acceptors (Lipinski definition) is 2. The van der Waals surface area contributed by atoms with Gasteiger partial charge in [-0.25, -0.2) is 0 Å². The molecule has 1 saturated heterocycles. The Balaban J connectivity index is 1.63. The first-order chi connectivity index (χ1) is 7.25. The largest absolute Gasteiger partial charge is 0.361 e. The molecule has 86 valence electrons. The molecule has 0 aromatic rings. The summed E-state index contributed by atoms with van der Waals surface area (Å²) in [7, 11) is 0. The first-order valence-electron chi connectivity index (χ1n) is 6.19. The standard InChI is InChI=1S/C12H22N2S/c1-9(2)11-8-15-12(14-11)13-7-3-4-10-5-6-10/h9-11H,3-8H2,1-2H3,(H,13,14). The maximum absolute atomic E-state index is 4.62. The van der Waals surface area contributed by atoms with Crippen molar-refractivity contribution in [3.63, 3.8) is 0 Å². The summed E-state index contributed by atoms with van der Waals surface area (Å²) in [6.45, 7) is 5.57. The van der Waals surface area contributed by atoms with E-state index in [2.05, 4.69) is 24.2 Å². The zero-order chi connectivity index (χ0) is 10.7. The molecule has 1 unspecified atom stereocenters. The van der Waals surface area contributed by atoms with Crippen LogP contribution >= 0.6 is 11.8 Å². The molecule has 15 heavy (non-hydrogen) atoms. The molecule has 1 atom stereocenters. The molecule has 0 aromatic heterocycles. The van der Waals surface area contributed by atoms with Crippen LogP contribution in [0.4, 0.5) is 0 Å². The summed E-state index contributed by atoms with van der Waals surface area (Å²) in [5.41, 5.74) is 0. The Morgan fingerprint density at radius 3 is 2.87 bits per heavy atom. The van der Waals surface area contributed by atoms with E-state index in [-0.39, 0.29) is 0 Å². The number of rotatable bonds is 5. The van der Waals surface area contributed by atoms with E-state index in [0.29, 0.717) is 6.04 Å². The van der Waals surface area contributed by atoms with Gasteiger partial charge < -0.3 is 5.32 Å². The van der Waals surface area contributed by atoms with Crippen molar-refractivity contribution in [2.75, 3.05) is 12.3 Å². The van der Waals surface area contributed by atoms with Gasteiger partial charge in [0.25, 0.3) is 0 Å². The summed E-state index contributed by atoms with van der Waals surface area (Å²) in [6, 6.07) is 0.636. The molecule has 0 amide bonds. The highest BCUT2D eigenvalue weighted by Gasteiger charge is 2.23. The number of nitrogens with one attached hydrogen (secondary N) is 1. The number of amidine groups is 1. The normalized spacial score (nSPS) is 28.7. The van der Waals surface area contributed by atoms with E-state index in [1.165, 1.54) is 36.6 Å². The van der Waals surface area contributed by atoms with Crippen molar-refractivity contribution >= 4 is 16.9 Å². The van der Waals surface area contributed by atoms with E-state index in [4.69, 9.17) is 0 Å². The van der Waals surface area contributed by atoms with Crippen LogP contribution in [0, 0.1) is 11.8 Å². The first kappa shape index (κ1) is 11.3. The van der Waals surface area contributed by atoms with Crippen LogP contribution in [0.15, 0.2) is 4.99 Å². The molecule has 1 aliphatic carbocycles. The maximum Gasteiger partial charge on any atom is 0.156 e. The van der Waals surface area contributed by atoms with Crippen LogP contribution < -0.4 is 5.32 Å². The van der Waals surface area contributed by atoms with Crippen LogP contribution in [0.25, 0.3) is 0 Å². The van der Waals surface area contributed by atoms with Crippen LogP contribution in [0.5, 0.6) is 0 Å². The molecule has 3 heteroatoms. The topological polar surface area (TPSA) is 24.4 Å². The molecule has 0 aromatic carbocycles. The zero-order valence-corrected chi connectivity index (χ0v) is 10.6. The predicted octanol–water partition coefficient (Wildman–Crippen LogP) is 2.89. The number of thioether (sulfide) groups is 1. The van der Waals surface area contributed by atoms with Crippen molar-refractivity contribution in [3.8, 4) is 0 Å². The van der Waals surface area contributed by atoms with Gasteiger partial charge in [-0.3, -0.25) is 4.99 Å². The summed E-state index contributed by atoms with van der Waals surface area (Å²) in [4.78, 5) is 4.62. The molecule has 1 aliphatic heterocycles. The SMILES string of the molecule is CC(C)C1CSC(=NCCCC2CC2)N1. The number of aliphatic imine (C=N–C) groups is 1. The van der Waals surface area contributed by atoms with E-state index in [1.54, 1.807) is 0 Å². The lowest BCUT2D eigenvalue weighted by Crippen LogP contribution is -2.31. The highest BCUT2D eigenvalue weighted by molar-refractivity contribution is 8.14. The van der Waals surface area contributed by atoms with Crippen LogP contribution in [0.1, 0.15) is 39.5 Å². The Kier molecular flexibility index (Phi) is 3.95. The fourth-order valence-corrected chi connectivity index (χ4v) is 3.05. The molecule has 1 N–H and O–H groups in total. The molecule has 1 heterocycles. The predicted molar refractivity (Wildman–Crippen MR) is 68.5 cm³/mol. The molecule has 2 nitrogen and oxygen atoms in total. The second-order valence-corrected chi connectivity index (χ2v) is 6.09. The average Bonchev–Trinajstić information content (AvgIpc) is 2.90. The number of hydrogen-bond donors (Lipinski definition) is 1. The van der Waals surface area contributed by atoms with Gasteiger partial charge in [-0.2, -0.15) is 0 Å². The third-order valence-corrected chi connectivity index (χ3v) is 4.28. The first-order valence-corrected chi connectivity index (χ1v) is 7.18. The minimum atomic E-state index is 0.636. The summed E-state index contributed by atoms with van der Waals surface area (Å²) in [5, 5.41) is 4.69. The third kappa shape index (κ3) is 3.71. The Hall–Kier alpha value is -0.180. The molecule has 2 aliphatic rings. The minimum Gasteiger partial charge on any atom is -0.361 e. The molecule has 0 bridgehead atoms. The lowest BCUT2D eigenvalue weighted by atomic mass is 10.1. The molecule has 2 rings (SSSR count). The highest BCUT2D eigenvalue weighted by Crippen LogP contribution is 2.33. The molecular weight excluding hydrogens is 204 g/mol. The van der Waals surface area contributed by atoms with Gasteiger partial charge in [-0.1, -0.05) is 38.5 Å². The summed E-state index contributed by atoms with van der Waals surface area (Å²) < 4.78 is 0. The Morgan fingerprint density at radius 2 is 2.27 bits per heavy atom. The van der Waals surface area contributed by atoms with Gasteiger partial charge in [0.2, 0.25) is 0 Å². The lowest BCUT2D eigenvalue weighted by molar-refractivity contribution is 0.503. The fourth-order valence-electron chi connectivity index (χ4n) is 1.83. The fraction of sp³-hybridized carbons (Fsp3) is 0.917. The van der Waals surface area contributed by atoms with Crippen molar-refractivity contribution < 1.29 is 0 Å². The van der Waals surface area contributed by atoms with Crippen molar-refractivity contribution in [2.45, 2.75) is 45.6 Å². The van der Waals surface area contributed by atoms with E-state index in [1.807, 2.05) is 11.8 Å². The zero-order valence-electron chi connectivity index (χ0n) is 9.83. The third-order valence-electron chi connectivity index (χ3n) is 3.24. The summed E-state index contributed by atoms with van der Waals surface area (Å²) >= 11 is 1.89. The van der Waals surface area contributed by atoms with Gasteiger partial charge in [0.1, 0.15) is 0 Å². The van der Waals surface area contributed by atoms with Gasteiger partial charge in [-0.05, 0) is 24.7 Å². The van der Waals surface area contributed by atoms with E-state index in [9.17, 15) is 0 Å². The molecule has 0 radical (unpaired) electrons. The van der Waals surface area contributed by atoms with Crippen LogP contribution in [0.3, 0.4) is 0 Å². The number of nitrogens with zero attached hydrogens (tertiary/aromatic N) is 1. The monoisotopic (exact) mass is 226 g/mol. The Labute approximate surface area is 97.3 Å². The van der Waals surface area contributed by atoms with Crippen LogP contribution in [0.2, 0.25) is 0 Å². The van der Waals surface area contributed by atoms with Crippen molar-refractivity contribution in [2.24, 2.45) is 16.8 Å². The van der Waals surface area contributed by atoms with Gasteiger partial charge in [-0.15, -0.1) is 0 Å². The summed E-state index contributed by atoms with van der Waals surface area (Å²) in [5.74, 6) is 2.97. The highest BCUT2D eigenvalue weighted by atomic mass is 32.2. The quantitative estimate of drug-likeness (QED) is 0.729. The second kappa shape index (κ2) is 5.24. The molecule has 1 saturated carbocycles. The Bertz CT molecular complexity index is 234. The van der Waals surface area contributed by atoms with E-state index < -0.39 is 0 Å². The lowest BCUT2D eigenvalue weighted by Gasteiger charge is -2.13. The van der Waals surface area contributed by atoms with Crippen molar-refractivity contribution in [3.05, 3.63) is 0 Å². The van der Waals surface area contributed by atoms with Gasteiger partial charge >= 0.3 is 0 Å².